The Hall–Kier alpha value is -1.82. The van der Waals surface area contributed by atoms with E-state index in [1.54, 1.807) is 0 Å². The molecular weight excluding hydrogens is 276 g/mol. The third-order valence-electron chi connectivity index (χ3n) is 5.20. The lowest BCUT2D eigenvalue weighted by atomic mass is 9.83. The van der Waals surface area contributed by atoms with E-state index < -0.39 is 0 Å². The van der Waals surface area contributed by atoms with Crippen molar-refractivity contribution in [3.8, 4) is 0 Å². The van der Waals surface area contributed by atoms with Gasteiger partial charge in [0, 0.05) is 0 Å². The molecule has 2 aromatic carbocycles. The zero-order valence-electron chi connectivity index (χ0n) is 14.4. The van der Waals surface area contributed by atoms with Crippen molar-refractivity contribution in [1.82, 2.24) is 0 Å². The molecule has 0 N–H and O–H groups in total. The number of benzene rings is 2. The topological polar surface area (TPSA) is 0 Å². The first kappa shape index (κ1) is 16.1. The molecule has 0 saturated heterocycles. The molecule has 120 valence electrons. The van der Waals surface area contributed by atoms with Crippen LogP contribution in [0.15, 0.2) is 60.7 Å². The predicted molar refractivity (Wildman–Crippen MR) is 99.9 cm³/mol. The minimum atomic E-state index is 0.855. The van der Waals surface area contributed by atoms with Gasteiger partial charge in [-0.2, -0.15) is 0 Å². The van der Waals surface area contributed by atoms with E-state index in [2.05, 4.69) is 62.0 Å². The molecule has 0 heterocycles. The van der Waals surface area contributed by atoms with Crippen molar-refractivity contribution >= 4 is 0 Å². The molecule has 0 amide bonds. The third-order valence-corrected chi connectivity index (χ3v) is 5.20. The molecule has 3 rings (SSSR count). The molecular formula is C23H28. The zero-order valence-corrected chi connectivity index (χ0v) is 14.4. The van der Waals surface area contributed by atoms with Crippen LogP contribution in [0.5, 0.6) is 0 Å². The summed E-state index contributed by atoms with van der Waals surface area (Å²) in [5, 5.41) is 0. The molecule has 1 saturated carbocycles. The van der Waals surface area contributed by atoms with Crippen LogP contribution in [-0.4, -0.2) is 0 Å². The smallest absolute Gasteiger partial charge is 0.00258 e. The SMILES string of the molecule is C=C1CCC(Cc2ccc(Cc3ccc(CC)cc3)cc2)CC1. The van der Waals surface area contributed by atoms with Gasteiger partial charge in [-0.05, 0) is 73.1 Å². The van der Waals surface area contributed by atoms with E-state index in [-0.39, 0.29) is 0 Å². The average Bonchev–Trinajstić information content (AvgIpc) is 2.59. The summed E-state index contributed by atoms with van der Waals surface area (Å²) in [6.07, 6.45) is 8.50. The summed E-state index contributed by atoms with van der Waals surface area (Å²) >= 11 is 0. The standard InChI is InChI=1S/C23H28/c1-3-19-8-10-21(11-9-19)17-23-14-12-22(13-15-23)16-20-6-4-18(2)5-7-20/h8-15,20H,2-7,16-17H2,1H3. The van der Waals surface area contributed by atoms with Crippen LogP contribution in [0.3, 0.4) is 0 Å². The first-order chi connectivity index (χ1) is 11.2. The molecule has 0 radical (unpaired) electrons. The van der Waals surface area contributed by atoms with Crippen molar-refractivity contribution in [2.45, 2.75) is 51.9 Å². The van der Waals surface area contributed by atoms with Crippen LogP contribution >= 0.6 is 0 Å². The lowest BCUT2D eigenvalue weighted by molar-refractivity contribution is 0.408. The van der Waals surface area contributed by atoms with Crippen LogP contribution < -0.4 is 0 Å². The summed E-state index contributed by atoms with van der Waals surface area (Å²) in [4.78, 5) is 0. The van der Waals surface area contributed by atoms with Crippen LogP contribution in [0.2, 0.25) is 0 Å². The van der Waals surface area contributed by atoms with Gasteiger partial charge in [0.15, 0.2) is 0 Å². The van der Waals surface area contributed by atoms with Gasteiger partial charge in [0.2, 0.25) is 0 Å². The summed E-state index contributed by atoms with van der Waals surface area (Å²) in [6, 6.07) is 18.3. The van der Waals surface area contributed by atoms with Crippen LogP contribution in [0.1, 0.15) is 54.9 Å². The Morgan fingerprint density at radius 1 is 0.783 bits per heavy atom. The van der Waals surface area contributed by atoms with E-state index >= 15 is 0 Å². The highest BCUT2D eigenvalue weighted by atomic mass is 14.2. The molecule has 1 fully saturated rings. The van der Waals surface area contributed by atoms with Crippen molar-refractivity contribution in [2.24, 2.45) is 5.92 Å². The largest absolute Gasteiger partial charge is 0.0999 e. The number of aryl methyl sites for hydroxylation is 1. The molecule has 0 bridgehead atoms. The molecule has 23 heavy (non-hydrogen) atoms. The van der Waals surface area contributed by atoms with E-state index in [0.29, 0.717) is 0 Å². The van der Waals surface area contributed by atoms with Gasteiger partial charge in [-0.1, -0.05) is 67.6 Å². The third kappa shape index (κ3) is 4.58. The van der Waals surface area contributed by atoms with Gasteiger partial charge in [0.05, 0.1) is 0 Å². The van der Waals surface area contributed by atoms with Gasteiger partial charge >= 0.3 is 0 Å². The second-order valence-corrected chi connectivity index (χ2v) is 7.06. The molecule has 2 aromatic rings. The fourth-order valence-corrected chi connectivity index (χ4v) is 3.55. The maximum atomic E-state index is 4.12. The Morgan fingerprint density at radius 2 is 1.26 bits per heavy atom. The number of rotatable bonds is 5. The van der Waals surface area contributed by atoms with E-state index in [1.807, 2.05) is 0 Å². The van der Waals surface area contributed by atoms with Crippen molar-refractivity contribution in [3.63, 3.8) is 0 Å². The maximum absolute atomic E-state index is 4.12. The lowest BCUT2D eigenvalue weighted by Crippen LogP contribution is -2.10. The summed E-state index contributed by atoms with van der Waals surface area (Å²) in [7, 11) is 0. The van der Waals surface area contributed by atoms with Gasteiger partial charge in [-0.25, -0.2) is 0 Å². The second kappa shape index (κ2) is 7.64. The van der Waals surface area contributed by atoms with Crippen LogP contribution in [0.4, 0.5) is 0 Å². The molecule has 1 aliphatic carbocycles. The minimum absolute atomic E-state index is 0.855. The summed E-state index contributed by atoms with van der Waals surface area (Å²) in [5.74, 6) is 0.855. The highest BCUT2D eigenvalue weighted by Crippen LogP contribution is 2.29. The number of allylic oxidation sites excluding steroid dienone is 1. The first-order valence-electron chi connectivity index (χ1n) is 9.05. The number of hydrogen-bond donors (Lipinski definition) is 0. The van der Waals surface area contributed by atoms with Crippen molar-refractivity contribution in [1.29, 1.82) is 0 Å². The van der Waals surface area contributed by atoms with Crippen molar-refractivity contribution in [2.75, 3.05) is 0 Å². The zero-order chi connectivity index (χ0) is 16.1. The molecule has 1 aliphatic rings. The molecule has 0 atom stereocenters. The van der Waals surface area contributed by atoms with E-state index in [1.165, 1.54) is 59.9 Å². The van der Waals surface area contributed by atoms with E-state index in [4.69, 9.17) is 0 Å². The quantitative estimate of drug-likeness (QED) is 0.583. The molecule has 0 heteroatoms. The van der Waals surface area contributed by atoms with Gasteiger partial charge in [-0.3, -0.25) is 0 Å². The second-order valence-electron chi connectivity index (χ2n) is 7.06. The normalized spacial score (nSPS) is 15.8. The molecule has 0 unspecified atom stereocenters. The van der Waals surface area contributed by atoms with Gasteiger partial charge < -0.3 is 0 Å². The highest BCUT2D eigenvalue weighted by Gasteiger charge is 2.15. The Bertz CT molecular complexity index is 621. The Labute approximate surface area is 141 Å². The summed E-state index contributed by atoms with van der Waals surface area (Å²) in [6.45, 7) is 6.32. The monoisotopic (exact) mass is 304 g/mol. The summed E-state index contributed by atoms with van der Waals surface area (Å²) in [5.41, 5.74) is 7.17. The average molecular weight is 304 g/mol. The van der Waals surface area contributed by atoms with E-state index in [9.17, 15) is 0 Å². The first-order valence-corrected chi connectivity index (χ1v) is 9.05. The Balaban J connectivity index is 1.57. The minimum Gasteiger partial charge on any atom is -0.0999 e. The van der Waals surface area contributed by atoms with Gasteiger partial charge in [0.1, 0.15) is 0 Å². The molecule has 0 spiro atoms. The fourth-order valence-electron chi connectivity index (χ4n) is 3.55. The molecule has 0 aromatic heterocycles. The maximum Gasteiger partial charge on any atom is -0.00258 e. The summed E-state index contributed by atoms with van der Waals surface area (Å²) < 4.78 is 0. The van der Waals surface area contributed by atoms with Crippen molar-refractivity contribution in [3.05, 3.63) is 82.9 Å². The Kier molecular flexibility index (Phi) is 5.33. The van der Waals surface area contributed by atoms with Crippen LogP contribution in [-0.2, 0) is 19.3 Å². The lowest BCUT2D eigenvalue weighted by Gasteiger charge is -2.23. The molecule has 0 aliphatic heterocycles. The predicted octanol–water partition coefficient (Wildman–Crippen LogP) is 6.13. The Morgan fingerprint density at radius 3 is 1.78 bits per heavy atom. The van der Waals surface area contributed by atoms with E-state index in [0.717, 1.165) is 18.8 Å². The number of hydrogen-bond acceptors (Lipinski definition) is 0. The van der Waals surface area contributed by atoms with Crippen LogP contribution in [0, 0.1) is 5.92 Å². The fraction of sp³-hybridized carbons (Fsp3) is 0.391. The molecule has 0 nitrogen and oxygen atoms in total. The van der Waals surface area contributed by atoms with Gasteiger partial charge in [-0.15, -0.1) is 0 Å². The van der Waals surface area contributed by atoms with Crippen molar-refractivity contribution < 1.29 is 0 Å². The highest BCUT2D eigenvalue weighted by molar-refractivity contribution is 5.30. The van der Waals surface area contributed by atoms with Gasteiger partial charge in [0.25, 0.3) is 0 Å². The van der Waals surface area contributed by atoms with Crippen LogP contribution in [0.25, 0.3) is 0 Å².